The molecule has 0 aromatic rings. The molecule has 0 aliphatic heterocycles. The molecule has 0 fully saturated rings. The Balaban J connectivity index is 3.81. The number of carbonyl (C=O) groups excluding carboxylic acids is 1. The molecule has 0 aromatic heterocycles. The molecule has 15 heavy (non-hydrogen) atoms. The summed E-state index contributed by atoms with van der Waals surface area (Å²) in [7, 11) is 0. The molecule has 0 aliphatic rings. The van der Waals surface area contributed by atoms with Crippen LogP contribution in [-0.4, -0.2) is 29.9 Å². The van der Waals surface area contributed by atoms with E-state index in [1.54, 1.807) is 0 Å². The van der Waals surface area contributed by atoms with Gasteiger partial charge in [0.1, 0.15) is 0 Å². The maximum absolute atomic E-state index is 11.0. The molecule has 0 saturated heterocycles. The van der Waals surface area contributed by atoms with Gasteiger partial charge in [0.2, 0.25) is 5.91 Å². The summed E-state index contributed by atoms with van der Waals surface area (Å²) in [5.74, 6) is 4.96. The first-order valence-electron chi connectivity index (χ1n) is 5.89. The second kappa shape index (κ2) is 8.68. The molecule has 4 nitrogen and oxygen atoms in total. The first-order chi connectivity index (χ1) is 7.15. The van der Waals surface area contributed by atoms with Gasteiger partial charge < -0.3 is 4.90 Å². The topological polar surface area (TPSA) is 58.4 Å². The van der Waals surface area contributed by atoms with Crippen LogP contribution in [0.2, 0.25) is 0 Å². The Morgan fingerprint density at radius 1 is 1.47 bits per heavy atom. The summed E-state index contributed by atoms with van der Waals surface area (Å²) in [5.41, 5.74) is 2.16. The molecule has 0 spiro atoms. The number of hydrazine groups is 1. The maximum atomic E-state index is 11.0. The molecule has 90 valence electrons. The quantitative estimate of drug-likeness (QED) is 0.364. The van der Waals surface area contributed by atoms with E-state index in [0.29, 0.717) is 12.5 Å². The Kier molecular flexibility index (Phi) is 8.33. The van der Waals surface area contributed by atoms with E-state index >= 15 is 0 Å². The van der Waals surface area contributed by atoms with Crippen LogP contribution in [0.25, 0.3) is 0 Å². The van der Waals surface area contributed by atoms with E-state index in [0.717, 1.165) is 19.5 Å². The summed E-state index contributed by atoms with van der Waals surface area (Å²) in [6.45, 7) is 8.70. The van der Waals surface area contributed by atoms with E-state index in [9.17, 15) is 4.79 Å². The SMILES string of the molecule is CCCCN(CC)C(C)CCC(=O)NN. The van der Waals surface area contributed by atoms with Crippen molar-refractivity contribution in [1.82, 2.24) is 10.3 Å². The van der Waals surface area contributed by atoms with Crippen LogP contribution in [0.4, 0.5) is 0 Å². The number of hydrogen-bond donors (Lipinski definition) is 2. The van der Waals surface area contributed by atoms with Crippen LogP contribution in [0.15, 0.2) is 0 Å². The van der Waals surface area contributed by atoms with Crippen molar-refractivity contribution < 1.29 is 4.79 Å². The zero-order valence-corrected chi connectivity index (χ0v) is 10.3. The van der Waals surface area contributed by atoms with E-state index in [4.69, 9.17) is 5.84 Å². The highest BCUT2D eigenvalue weighted by Crippen LogP contribution is 2.07. The summed E-state index contributed by atoms with van der Waals surface area (Å²) in [6.07, 6.45) is 3.83. The third-order valence-electron chi connectivity index (χ3n) is 2.78. The first kappa shape index (κ1) is 14.4. The molecule has 0 heterocycles. The fourth-order valence-corrected chi connectivity index (χ4v) is 1.65. The number of carbonyl (C=O) groups is 1. The van der Waals surface area contributed by atoms with Crippen LogP contribution >= 0.6 is 0 Å². The number of hydrogen-bond acceptors (Lipinski definition) is 3. The van der Waals surface area contributed by atoms with Gasteiger partial charge in [-0.1, -0.05) is 20.3 Å². The van der Waals surface area contributed by atoms with E-state index in [-0.39, 0.29) is 5.91 Å². The van der Waals surface area contributed by atoms with Crippen LogP contribution in [0.1, 0.15) is 46.5 Å². The number of rotatable bonds is 8. The zero-order chi connectivity index (χ0) is 11.7. The standard InChI is InChI=1S/C11H25N3O/c1-4-6-9-14(5-2)10(3)7-8-11(15)13-12/h10H,4-9,12H2,1-3H3,(H,13,15). The van der Waals surface area contributed by atoms with Crippen LogP contribution in [0.5, 0.6) is 0 Å². The molecule has 4 heteroatoms. The summed E-state index contributed by atoms with van der Waals surface area (Å²) in [6, 6.07) is 0.457. The van der Waals surface area contributed by atoms with E-state index in [1.807, 2.05) is 0 Å². The maximum Gasteiger partial charge on any atom is 0.233 e. The Labute approximate surface area is 93.2 Å². The minimum absolute atomic E-state index is 0.0756. The molecule has 0 aromatic carbocycles. The van der Waals surface area contributed by atoms with Crippen molar-refractivity contribution in [1.29, 1.82) is 0 Å². The van der Waals surface area contributed by atoms with Crippen molar-refractivity contribution in [3.8, 4) is 0 Å². The average molecular weight is 215 g/mol. The van der Waals surface area contributed by atoms with Gasteiger partial charge in [0.25, 0.3) is 0 Å². The van der Waals surface area contributed by atoms with Crippen LogP contribution < -0.4 is 11.3 Å². The molecular formula is C11H25N3O. The van der Waals surface area contributed by atoms with Crippen LogP contribution in [0, 0.1) is 0 Å². The van der Waals surface area contributed by atoms with Gasteiger partial charge in [-0.3, -0.25) is 10.2 Å². The lowest BCUT2D eigenvalue weighted by Crippen LogP contribution is -2.36. The normalized spacial score (nSPS) is 12.9. The molecule has 3 N–H and O–H groups in total. The van der Waals surface area contributed by atoms with Crippen molar-refractivity contribution in [2.24, 2.45) is 5.84 Å². The molecule has 1 atom stereocenters. The van der Waals surface area contributed by atoms with E-state index in [2.05, 4.69) is 31.1 Å². The lowest BCUT2D eigenvalue weighted by Gasteiger charge is -2.27. The second-order valence-electron chi connectivity index (χ2n) is 3.94. The molecule has 0 bridgehead atoms. The van der Waals surface area contributed by atoms with E-state index in [1.165, 1.54) is 12.8 Å². The monoisotopic (exact) mass is 215 g/mol. The largest absolute Gasteiger partial charge is 0.301 e. The Bertz CT molecular complexity index is 173. The van der Waals surface area contributed by atoms with Crippen molar-refractivity contribution in [3.63, 3.8) is 0 Å². The Morgan fingerprint density at radius 2 is 2.13 bits per heavy atom. The molecule has 0 aliphatic carbocycles. The van der Waals surface area contributed by atoms with Crippen molar-refractivity contribution >= 4 is 5.91 Å². The highest BCUT2D eigenvalue weighted by atomic mass is 16.2. The summed E-state index contributed by atoms with van der Waals surface area (Å²) in [5, 5.41) is 0. The number of nitrogens with two attached hydrogens (primary N) is 1. The first-order valence-corrected chi connectivity index (χ1v) is 5.89. The molecule has 0 saturated carbocycles. The molecule has 0 rings (SSSR count). The Hall–Kier alpha value is -0.610. The van der Waals surface area contributed by atoms with Crippen LogP contribution in [0.3, 0.4) is 0 Å². The number of unbranched alkanes of at least 4 members (excludes halogenated alkanes) is 1. The van der Waals surface area contributed by atoms with Gasteiger partial charge in [-0.15, -0.1) is 0 Å². The van der Waals surface area contributed by atoms with Gasteiger partial charge >= 0.3 is 0 Å². The lowest BCUT2D eigenvalue weighted by molar-refractivity contribution is -0.121. The van der Waals surface area contributed by atoms with Gasteiger partial charge in [0, 0.05) is 12.5 Å². The number of amides is 1. The van der Waals surface area contributed by atoms with Crippen molar-refractivity contribution in [3.05, 3.63) is 0 Å². The van der Waals surface area contributed by atoms with Gasteiger partial charge in [0.15, 0.2) is 0 Å². The number of nitrogens with one attached hydrogen (secondary N) is 1. The zero-order valence-electron chi connectivity index (χ0n) is 10.3. The lowest BCUT2D eigenvalue weighted by atomic mass is 10.1. The van der Waals surface area contributed by atoms with Crippen molar-refractivity contribution in [2.45, 2.75) is 52.5 Å². The van der Waals surface area contributed by atoms with Gasteiger partial charge in [-0.2, -0.15) is 0 Å². The van der Waals surface area contributed by atoms with Crippen LogP contribution in [-0.2, 0) is 4.79 Å². The fourth-order valence-electron chi connectivity index (χ4n) is 1.65. The minimum atomic E-state index is -0.0756. The third-order valence-corrected chi connectivity index (χ3v) is 2.78. The van der Waals surface area contributed by atoms with Gasteiger partial charge in [-0.05, 0) is 32.9 Å². The average Bonchev–Trinajstić information content (AvgIpc) is 2.26. The summed E-state index contributed by atoms with van der Waals surface area (Å²) in [4.78, 5) is 13.4. The fraction of sp³-hybridized carbons (Fsp3) is 0.909. The predicted octanol–water partition coefficient (Wildman–Crippen LogP) is 1.27. The highest BCUT2D eigenvalue weighted by molar-refractivity contribution is 5.75. The molecular weight excluding hydrogens is 190 g/mol. The molecule has 0 radical (unpaired) electrons. The summed E-state index contributed by atoms with van der Waals surface area (Å²) >= 11 is 0. The Morgan fingerprint density at radius 3 is 2.60 bits per heavy atom. The van der Waals surface area contributed by atoms with Gasteiger partial charge in [-0.25, -0.2) is 5.84 Å². The third kappa shape index (κ3) is 6.47. The second-order valence-corrected chi connectivity index (χ2v) is 3.94. The minimum Gasteiger partial charge on any atom is -0.301 e. The molecule has 1 amide bonds. The number of nitrogens with zero attached hydrogens (tertiary/aromatic N) is 1. The molecule has 1 unspecified atom stereocenters. The van der Waals surface area contributed by atoms with E-state index < -0.39 is 0 Å². The van der Waals surface area contributed by atoms with Crippen molar-refractivity contribution in [2.75, 3.05) is 13.1 Å². The smallest absolute Gasteiger partial charge is 0.233 e. The highest BCUT2D eigenvalue weighted by Gasteiger charge is 2.12. The summed E-state index contributed by atoms with van der Waals surface area (Å²) < 4.78 is 0. The predicted molar refractivity (Wildman–Crippen MR) is 63.2 cm³/mol. The van der Waals surface area contributed by atoms with Gasteiger partial charge in [0.05, 0.1) is 0 Å².